The van der Waals surface area contributed by atoms with E-state index in [-0.39, 0.29) is 17.9 Å². The Bertz CT molecular complexity index is 1080. The predicted octanol–water partition coefficient (Wildman–Crippen LogP) is 2.67. The molecule has 1 N–H and O–H groups in total. The minimum Gasteiger partial charge on any atom is -0.481 e. The Morgan fingerprint density at radius 3 is 2.41 bits per heavy atom. The molecule has 1 unspecified atom stereocenters. The van der Waals surface area contributed by atoms with Gasteiger partial charge in [-0.3, -0.25) is 14.9 Å². The molecule has 1 atom stereocenters. The number of amides is 1. The molecule has 0 spiro atoms. The summed E-state index contributed by atoms with van der Waals surface area (Å²) in [5.74, 6) is 5.79. The highest BCUT2D eigenvalue weighted by Gasteiger charge is 2.27. The van der Waals surface area contributed by atoms with Gasteiger partial charge in [0, 0.05) is 26.1 Å². The molecule has 0 saturated carbocycles. The van der Waals surface area contributed by atoms with Crippen LogP contribution in [0.3, 0.4) is 0 Å². The number of morpholine rings is 1. The Hall–Kier alpha value is -2.90. The number of hydrogen-bond donors (Lipinski definition) is 1. The zero-order chi connectivity index (χ0) is 24.4. The molecule has 0 bridgehead atoms. The number of hydrogen-bond acceptors (Lipinski definition) is 7. The van der Waals surface area contributed by atoms with Gasteiger partial charge in [0.2, 0.25) is 6.41 Å². The van der Waals surface area contributed by atoms with Crippen LogP contribution in [0, 0.1) is 11.8 Å². The Morgan fingerprint density at radius 1 is 1.12 bits per heavy atom. The molecule has 9 heteroatoms. The summed E-state index contributed by atoms with van der Waals surface area (Å²) in [5.41, 5.74) is 1.58. The van der Waals surface area contributed by atoms with E-state index in [4.69, 9.17) is 9.47 Å². The van der Waals surface area contributed by atoms with Crippen LogP contribution in [0.2, 0.25) is 0 Å². The first-order valence-electron chi connectivity index (χ1n) is 11.2. The summed E-state index contributed by atoms with van der Waals surface area (Å²) in [7, 11) is -3.81. The highest BCUT2D eigenvalue weighted by molar-refractivity contribution is 7.91. The standard InChI is InChI=1S/C25H30N2O6S/c1-2-3-4-15-33-23-9-11-24(12-10-23)34(30,31)19-25(27(29)20-28)22-7-5-21(6-8-22)18-26-13-16-32-17-14-26/h5-12,20,25,29H,2,13-19H2,1H3. The third-order valence-electron chi connectivity index (χ3n) is 5.47. The van der Waals surface area contributed by atoms with E-state index >= 15 is 0 Å². The average molecular weight is 487 g/mol. The molecule has 1 fully saturated rings. The molecule has 8 nitrogen and oxygen atoms in total. The van der Waals surface area contributed by atoms with Crippen molar-refractivity contribution in [2.45, 2.75) is 30.8 Å². The Balaban J connectivity index is 1.70. The van der Waals surface area contributed by atoms with Gasteiger partial charge in [0.1, 0.15) is 12.4 Å². The smallest absolute Gasteiger partial charge is 0.233 e. The van der Waals surface area contributed by atoms with Gasteiger partial charge in [-0.05, 0) is 35.4 Å². The van der Waals surface area contributed by atoms with Gasteiger partial charge >= 0.3 is 0 Å². The molecule has 1 aliphatic rings. The van der Waals surface area contributed by atoms with Gasteiger partial charge in [0.25, 0.3) is 0 Å². The van der Waals surface area contributed by atoms with Gasteiger partial charge in [-0.25, -0.2) is 13.5 Å². The summed E-state index contributed by atoms with van der Waals surface area (Å²) in [5, 5.41) is 10.5. The van der Waals surface area contributed by atoms with Crippen LogP contribution in [-0.2, 0) is 25.9 Å². The monoisotopic (exact) mass is 486 g/mol. The Kier molecular flexibility index (Phi) is 9.48. The first kappa shape index (κ1) is 25.7. The molecular formula is C25H30N2O6S. The van der Waals surface area contributed by atoms with Gasteiger partial charge in [-0.2, -0.15) is 0 Å². The summed E-state index contributed by atoms with van der Waals surface area (Å²) < 4.78 is 36.9. The largest absolute Gasteiger partial charge is 0.481 e. The van der Waals surface area contributed by atoms with E-state index < -0.39 is 21.6 Å². The number of hydroxylamine groups is 2. The third kappa shape index (κ3) is 7.30. The zero-order valence-electron chi connectivity index (χ0n) is 19.2. The lowest BCUT2D eigenvalue weighted by atomic mass is 10.1. The van der Waals surface area contributed by atoms with Crippen molar-refractivity contribution in [3.05, 3.63) is 59.7 Å². The number of rotatable bonds is 10. The average Bonchev–Trinajstić information content (AvgIpc) is 2.86. The number of ether oxygens (including phenoxy) is 2. The van der Waals surface area contributed by atoms with E-state index in [1.807, 2.05) is 19.1 Å². The molecule has 1 aliphatic heterocycles. The van der Waals surface area contributed by atoms with Gasteiger partial charge in [0.05, 0.1) is 29.9 Å². The molecule has 0 radical (unpaired) electrons. The molecule has 2 aromatic carbocycles. The van der Waals surface area contributed by atoms with Crippen LogP contribution in [-0.4, -0.2) is 68.7 Å². The normalized spacial score (nSPS) is 15.1. The van der Waals surface area contributed by atoms with Crippen LogP contribution in [0.5, 0.6) is 5.75 Å². The molecule has 0 aromatic heterocycles. The van der Waals surface area contributed by atoms with E-state index in [1.165, 1.54) is 12.1 Å². The quantitative estimate of drug-likeness (QED) is 0.239. The Labute approximate surface area is 201 Å². The first-order chi connectivity index (χ1) is 16.4. The third-order valence-corrected chi connectivity index (χ3v) is 7.22. The van der Waals surface area contributed by atoms with Crippen LogP contribution in [0.4, 0.5) is 0 Å². The fourth-order valence-corrected chi connectivity index (χ4v) is 5.11. The van der Waals surface area contributed by atoms with Crippen molar-refractivity contribution in [2.75, 3.05) is 38.7 Å². The van der Waals surface area contributed by atoms with Crippen LogP contribution >= 0.6 is 0 Å². The molecular weight excluding hydrogens is 456 g/mol. The van der Waals surface area contributed by atoms with E-state index in [1.54, 1.807) is 24.3 Å². The zero-order valence-corrected chi connectivity index (χ0v) is 20.0. The fourth-order valence-electron chi connectivity index (χ4n) is 3.60. The van der Waals surface area contributed by atoms with Crippen molar-refractivity contribution in [3.63, 3.8) is 0 Å². The summed E-state index contributed by atoms with van der Waals surface area (Å²) in [4.78, 5) is 13.6. The molecule has 0 aliphatic carbocycles. The fraction of sp³-hybridized carbons (Fsp3) is 0.400. The molecule has 182 valence electrons. The highest BCUT2D eigenvalue weighted by Crippen LogP contribution is 2.26. The minimum atomic E-state index is -3.81. The molecule has 1 heterocycles. The van der Waals surface area contributed by atoms with E-state index in [0.717, 1.165) is 31.6 Å². The Morgan fingerprint density at radius 2 is 1.79 bits per heavy atom. The van der Waals surface area contributed by atoms with Crippen LogP contribution in [0.25, 0.3) is 0 Å². The van der Waals surface area contributed by atoms with Crippen molar-refractivity contribution in [2.24, 2.45) is 0 Å². The minimum absolute atomic E-state index is 0.0766. The number of sulfone groups is 1. The lowest BCUT2D eigenvalue weighted by Crippen LogP contribution is -2.35. The van der Waals surface area contributed by atoms with Crippen molar-refractivity contribution >= 4 is 16.2 Å². The number of carbonyl (C=O) groups is 1. The van der Waals surface area contributed by atoms with Gasteiger partial charge in [0.15, 0.2) is 9.84 Å². The maximum Gasteiger partial charge on any atom is 0.233 e. The second-order valence-corrected chi connectivity index (χ2v) is 9.91. The van der Waals surface area contributed by atoms with E-state index in [2.05, 4.69) is 16.7 Å². The van der Waals surface area contributed by atoms with Crippen molar-refractivity contribution < 1.29 is 27.9 Å². The van der Waals surface area contributed by atoms with Crippen molar-refractivity contribution in [1.29, 1.82) is 0 Å². The lowest BCUT2D eigenvalue weighted by Gasteiger charge is -2.27. The predicted molar refractivity (Wildman–Crippen MR) is 127 cm³/mol. The summed E-state index contributed by atoms with van der Waals surface area (Å²) in [6.45, 7) is 6.04. The number of nitrogens with zero attached hydrogens (tertiary/aromatic N) is 2. The topological polar surface area (TPSA) is 96.4 Å². The van der Waals surface area contributed by atoms with Gasteiger partial charge in [-0.15, -0.1) is 5.92 Å². The van der Waals surface area contributed by atoms with Gasteiger partial charge < -0.3 is 9.47 Å². The highest BCUT2D eigenvalue weighted by atomic mass is 32.2. The number of benzene rings is 2. The number of carbonyl (C=O) groups excluding carboxylic acids is 1. The molecule has 34 heavy (non-hydrogen) atoms. The summed E-state index contributed by atoms with van der Waals surface area (Å²) >= 11 is 0. The second kappa shape index (κ2) is 12.5. The SMILES string of the molecule is CCC#CCOc1ccc(S(=O)(=O)CC(c2ccc(CN3CCOCC3)cc2)N(O)C=O)cc1. The summed E-state index contributed by atoms with van der Waals surface area (Å²) in [6.07, 6.45) is 0.955. The maximum atomic E-state index is 13.0. The van der Waals surface area contributed by atoms with Crippen LogP contribution < -0.4 is 4.74 Å². The molecule has 1 amide bonds. The van der Waals surface area contributed by atoms with Crippen LogP contribution in [0.15, 0.2) is 53.4 Å². The van der Waals surface area contributed by atoms with Crippen molar-refractivity contribution in [1.82, 2.24) is 9.96 Å². The van der Waals surface area contributed by atoms with Crippen LogP contribution in [0.1, 0.15) is 30.5 Å². The van der Waals surface area contributed by atoms with E-state index in [9.17, 15) is 18.4 Å². The summed E-state index contributed by atoms with van der Waals surface area (Å²) in [6, 6.07) is 12.2. The molecule has 3 rings (SSSR count). The molecule has 1 saturated heterocycles. The molecule has 2 aromatic rings. The second-order valence-electron chi connectivity index (χ2n) is 7.88. The maximum absolute atomic E-state index is 13.0. The van der Waals surface area contributed by atoms with E-state index in [0.29, 0.717) is 29.6 Å². The van der Waals surface area contributed by atoms with Crippen molar-refractivity contribution in [3.8, 4) is 17.6 Å². The first-order valence-corrected chi connectivity index (χ1v) is 12.8. The lowest BCUT2D eigenvalue weighted by molar-refractivity contribution is -0.158. The van der Waals surface area contributed by atoms with Gasteiger partial charge in [-0.1, -0.05) is 37.1 Å².